The Morgan fingerprint density at radius 3 is 2.61 bits per heavy atom. The molecule has 0 aliphatic carbocycles. The molecule has 3 aromatic rings. The number of hydrogen-bond donors (Lipinski definition) is 1. The van der Waals surface area contributed by atoms with Gasteiger partial charge in [0.05, 0.1) is 16.1 Å². The van der Waals surface area contributed by atoms with Crippen LogP contribution < -0.4 is 10.9 Å². The summed E-state index contributed by atoms with van der Waals surface area (Å²) in [4.78, 5) is 29.8. The number of benzene rings is 1. The molecule has 142 valence electrons. The van der Waals surface area contributed by atoms with E-state index in [-0.39, 0.29) is 11.5 Å². The summed E-state index contributed by atoms with van der Waals surface area (Å²) in [6.45, 7) is 3.60. The van der Waals surface area contributed by atoms with Gasteiger partial charge in [0.2, 0.25) is 0 Å². The third-order valence-corrected chi connectivity index (χ3v) is 6.54. The number of carbonyl (C=O) groups is 1. The predicted molar refractivity (Wildman–Crippen MR) is 112 cm³/mol. The van der Waals surface area contributed by atoms with E-state index in [0.29, 0.717) is 30.8 Å². The maximum Gasteiger partial charge on any atom is 0.258 e. The standard InChI is InChI=1S/C22H21N3O2S/c26-21(24-11-8-23-9-12-24)18-14-17(15-4-2-1-3-5-15)22(27)25-10-6-16-7-13-28-20(16)19(18)25/h1-5,7,13-14,23H,6,8-12H2. The van der Waals surface area contributed by atoms with E-state index < -0.39 is 0 Å². The topological polar surface area (TPSA) is 54.3 Å². The van der Waals surface area contributed by atoms with Crippen molar-refractivity contribution in [1.82, 2.24) is 14.8 Å². The average Bonchev–Trinajstić information content (AvgIpc) is 3.24. The monoisotopic (exact) mass is 391 g/mol. The lowest BCUT2D eigenvalue weighted by Crippen LogP contribution is -2.47. The van der Waals surface area contributed by atoms with Crippen molar-refractivity contribution < 1.29 is 4.79 Å². The van der Waals surface area contributed by atoms with Crippen LogP contribution in [0.3, 0.4) is 0 Å². The van der Waals surface area contributed by atoms with E-state index in [4.69, 9.17) is 0 Å². The van der Waals surface area contributed by atoms with Gasteiger partial charge in [0.25, 0.3) is 11.5 Å². The Kier molecular flexibility index (Phi) is 4.37. The maximum atomic E-state index is 13.5. The highest BCUT2D eigenvalue weighted by atomic mass is 32.1. The third-order valence-electron chi connectivity index (χ3n) is 5.58. The van der Waals surface area contributed by atoms with Crippen molar-refractivity contribution >= 4 is 17.2 Å². The Morgan fingerprint density at radius 1 is 1.04 bits per heavy atom. The number of nitrogens with one attached hydrogen (secondary N) is 1. The normalized spacial score (nSPS) is 15.8. The lowest BCUT2D eigenvalue weighted by Gasteiger charge is -2.30. The summed E-state index contributed by atoms with van der Waals surface area (Å²) in [6, 6.07) is 13.6. The van der Waals surface area contributed by atoms with Crippen LogP contribution in [-0.4, -0.2) is 41.6 Å². The molecule has 1 amide bonds. The number of carbonyl (C=O) groups excluding carboxylic acids is 1. The van der Waals surface area contributed by atoms with Crippen LogP contribution >= 0.6 is 11.3 Å². The number of amides is 1. The number of thiophene rings is 1. The van der Waals surface area contributed by atoms with Crippen molar-refractivity contribution in [3.63, 3.8) is 0 Å². The minimum atomic E-state index is -0.0166. The van der Waals surface area contributed by atoms with Gasteiger partial charge in [0.15, 0.2) is 0 Å². The smallest absolute Gasteiger partial charge is 0.258 e. The molecule has 2 aliphatic heterocycles. The molecule has 28 heavy (non-hydrogen) atoms. The Hall–Kier alpha value is -2.70. The summed E-state index contributed by atoms with van der Waals surface area (Å²) in [5.74, 6) is 0.0173. The molecule has 0 bridgehead atoms. The first-order valence-electron chi connectivity index (χ1n) is 9.64. The molecule has 1 N–H and O–H groups in total. The van der Waals surface area contributed by atoms with Gasteiger partial charge in [-0.25, -0.2) is 0 Å². The van der Waals surface area contributed by atoms with E-state index in [0.717, 1.165) is 35.6 Å². The fraction of sp³-hybridized carbons (Fsp3) is 0.273. The van der Waals surface area contributed by atoms with Crippen LogP contribution in [0.25, 0.3) is 21.7 Å². The van der Waals surface area contributed by atoms with Crippen LogP contribution in [0.1, 0.15) is 15.9 Å². The van der Waals surface area contributed by atoms with Crippen molar-refractivity contribution in [3.05, 3.63) is 69.3 Å². The summed E-state index contributed by atoms with van der Waals surface area (Å²) >= 11 is 1.61. The largest absolute Gasteiger partial charge is 0.336 e. The van der Waals surface area contributed by atoms with Crippen molar-refractivity contribution in [2.45, 2.75) is 13.0 Å². The average molecular weight is 391 g/mol. The van der Waals surface area contributed by atoms with E-state index in [1.165, 1.54) is 5.56 Å². The molecule has 0 saturated carbocycles. The van der Waals surface area contributed by atoms with E-state index >= 15 is 0 Å². The van der Waals surface area contributed by atoms with Gasteiger partial charge < -0.3 is 14.8 Å². The first kappa shape index (κ1) is 17.4. The van der Waals surface area contributed by atoms with Crippen LogP contribution in [0.5, 0.6) is 0 Å². The fourth-order valence-electron chi connectivity index (χ4n) is 4.12. The van der Waals surface area contributed by atoms with Gasteiger partial charge in [0.1, 0.15) is 0 Å². The lowest BCUT2D eigenvalue weighted by molar-refractivity contribution is 0.0735. The second kappa shape index (κ2) is 7.04. The van der Waals surface area contributed by atoms with Crippen LogP contribution in [-0.2, 0) is 13.0 Å². The SMILES string of the molecule is O=C(c1cc(-c2ccccc2)c(=O)n2c1-c1sccc1CC2)N1CCNCC1. The molecular formula is C22H21N3O2S. The Bertz CT molecular complexity index is 1090. The molecule has 5 rings (SSSR count). The van der Waals surface area contributed by atoms with Crippen molar-refractivity contribution in [3.8, 4) is 21.7 Å². The summed E-state index contributed by atoms with van der Waals surface area (Å²) < 4.78 is 1.82. The molecule has 2 aliphatic rings. The first-order chi connectivity index (χ1) is 13.7. The molecule has 1 saturated heterocycles. The van der Waals surface area contributed by atoms with Gasteiger partial charge in [-0.2, -0.15) is 0 Å². The molecule has 5 nitrogen and oxygen atoms in total. The number of piperazine rings is 1. The quantitative estimate of drug-likeness (QED) is 0.731. The fourth-order valence-corrected chi connectivity index (χ4v) is 5.15. The minimum absolute atomic E-state index is 0.0166. The van der Waals surface area contributed by atoms with Gasteiger partial charge in [-0.1, -0.05) is 30.3 Å². The van der Waals surface area contributed by atoms with Crippen LogP contribution in [0, 0.1) is 0 Å². The molecule has 4 heterocycles. The minimum Gasteiger partial charge on any atom is -0.336 e. The Morgan fingerprint density at radius 2 is 1.82 bits per heavy atom. The van der Waals surface area contributed by atoms with Gasteiger partial charge >= 0.3 is 0 Å². The molecule has 0 atom stereocenters. The summed E-state index contributed by atoms with van der Waals surface area (Å²) in [5.41, 5.74) is 4.11. The Labute approximate surface area is 167 Å². The second-order valence-corrected chi connectivity index (χ2v) is 8.13. The number of aromatic nitrogens is 1. The first-order valence-corrected chi connectivity index (χ1v) is 10.5. The van der Waals surface area contributed by atoms with Crippen molar-refractivity contribution in [2.75, 3.05) is 26.2 Å². The molecule has 0 spiro atoms. The summed E-state index contributed by atoms with van der Waals surface area (Å²) in [5, 5.41) is 5.34. The molecule has 1 fully saturated rings. The molecule has 1 aromatic carbocycles. The number of hydrogen-bond acceptors (Lipinski definition) is 4. The lowest BCUT2D eigenvalue weighted by atomic mass is 9.97. The van der Waals surface area contributed by atoms with Crippen molar-refractivity contribution in [2.24, 2.45) is 0 Å². The van der Waals surface area contributed by atoms with Crippen molar-refractivity contribution in [1.29, 1.82) is 0 Å². The molecule has 0 unspecified atom stereocenters. The van der Waals surface area contributed by atoms with Gasteiger partial charge in [-0.15, -0.1) is 11.3 Å². The van der Waals surface area contributed by atoms with E-state index in [9.17, 15) is 9.59 Å². The Balaban J connectivity index is 1.74. The molecular weight excluding hydrogens is 370 g/mol. The van der Waals surface area contributed by atoms with E-state index in [2.05, 4.69) is 16.8 Å². The molecule has 0 radical (unpaired) electrons. The number of fused-ring (bicyclic) bond motifs is 3. The molecule has 2 aromatic heterocycles. The maximum absolute atomic E-state index is 13.5. The summed E-state index contributed by atoms with van der Waals surface area (Å²) in [7, 11) is 0. The summed E-state index contributed by atoms with van der Waals surface area (Å²) in [6.07, 6.45) is 0.825. The highest BCUT2D eigenvalue weighted by Gasteiger charge is 2.29. The zero-order chi connectivity index (χ0) is 19.1. The number of aryl methyl sites for hydroxylation is 1. The van der Waals surface area contributed by atoms with E-state index in [1.54, 1.807) is 11.3 Å². The zero-order valence-electron chi connectivity index (χ0n) is 15.5. The van der Waals surface area contributed by atoms with Gasteiger partial charge in [-0.3, -0.25) is 9.59 Å². The number of nitrogens with zero attached hydrogens (tertiary/aromatic N) is 2. The van der Waals surface area contributed by atoms with Gasteiger partial charge in [0, 0.05) is 38.3 Å². The highest BCUT2D eigenvalue weighted by Crippen LogP contribution is 2.37. The van der Waals surface area contributed by atoms with Crippen LogP contribution in [0.4, 0.5) is 0 Å². The molecule has 6 heteroatoms. The number of pyridine rings is 1. The third kappa shape index (κ3) is 2.80. The predicted octanol–water partition coefficient (Wildman–Crippen LogP) is 2.85. The van der Waals surface area contributed by atoms with Crippen LogP contribution in [0.15, 0.2) is 52.6 Å². The van der Waals surface area contributed by atoms with Gasteiger partial charge in [-0.05, 0) is 35.1 Å². The number of rotatable bonds is 2. The second-order valence-electron chi connectivity index (χ2n) is 7.21. The zero-order valence-corrected chi connectivity index (χ0v) is 16.3. The van der Waals surface area contributed by atoms with E-state index in [1.807, 2.05) is 45.9 Å². The van der Waals surface area contributed by atoms with Crippen LogP contribution in [0.2, 0.25) is 0 Å². The highest BCUT2D eigenvalue weighted by molar-refractivity contribution is 7.13.